The van der Waals surface area contributed by atoms with Gasteiger partial charge in [-0.2, -0.15) is 5.48 Å². The van der Waals surface area contributed by atoms with Gasteiger partial charge in [-0.25, -0.2) is 4.79 Å². The molecule has 0 spiro atoms. The van der Waals surface area contributed by atoms with E-state index in [4.69, 9.17) is 66.8 Å². The van der Waals surface area contributed by atoms with Gasteiger partial charge in [0.25, 0.3) is 0 Å². The normalized spacial score (nSPS) is 31.4. The van der Waals surface area contributed by atoms with E-state index in [-0.39, 0.29) is 82.4 Å². The monoisotopic (exact) mass is 1520 g/mol. The van der Waals surface area contributed by atoms with E-state index in [2.05, 4.69) is 33.9 Å². The van der Waals surface area contributed by atoms with Gasteiger partial charge in [0, 0.05) is 64.0 Å². The number of methoxy groups -OCH3 is 5. The lowest BCUT2D eigenvalue weighted by molar-refractivity contribution is -0.334. The van der Waals surface area contributed by atoms with E-state index < -0.39 is 147 Å². The van der Waals surface area contributed by atoms with E-state index in [1.54, 1.807) is 38.7 Å². The predicted molar refractivity (Wildman–Crippen MR) is 358 cm³/mol. The Labute approximate surface area is 581 Å². The van der Waals surface area contributed by atoms with Crippen molar-refractivity contribution in [1.29, 1.82) is 0 Å². The average Bonchev–Trinajstić information content (AvgIpc) is 0.771. The van der Waals surface area contributed by atoms with Crippen LogP contribution in [0.3, 0.4) is 0 Å². The molecule has 4 aliphatic heterocycles. The van der Waals surface area contributed by atoms with E-state index >= 15 is 0 Å². The lowest BCUT2D eigenvalue weighted by Gasteiger charge is -2.47. The fraction of sp³-hybridized carbons (Fsp3) is 0.667. The summed E-state index contributed by atoms with van der Waals surface area (Å²) in [4.78, 5) is 85.2. The minimum atomic E-state index is -2.32. The number of ketones is 1. The summed E-state index contributed by atoms with van der Waals surface area (Å²) in [5.74, 6) is 6.47. The number of ether oxygens (including phenoxy) is 12. The SMILES string of the molecule is CCN(C(C)=O)C1COC(OC2C(OCC3=C(NC(=O)OC)C(=O)CC(O)(C#C/C=C\C#CO)/C3=C/CSCC(=O)NCCC[Si](C)(C)O)OC(C)C(NOC3CC(O)C(SC(=O)c4c(C)c(I)c(OC5OC(C)C(O)C(OC)C5O)c(OC)c4OC)C(C)O3)C2O)CC1OC. The number of hydrogen-bond acceptors (Lipinski definition) is 28. The summed E-state index contributed by atoms with van der Waals surface area (Å²) >= 11 is 3.93. The Hall–Kier alpha value is -4.68. The largest absolute Gasteiger partial charge is 0.492 e. The van der Waals surface area contributed by atoms with Gasteiger partial charge in [0.2, 0.25) is 29.0 Å². The molecule has 18 unspecified atom stereocenters. The zero-order valence-electron chi connectivity index (χ0n) is 55.9. The molecule has 5 aliphatic rings. The maximum atomic E-state index is 14.5. The van der Waals surface area contributed by atoms with Crippen molar-refractivity contribution in [1.82, 2.24) is 21.0 Å². The number of hydrogen-bond donors (Lipinski definition) is 10. The van der Waals surface area contributed by atoms with Crippen LogP contribution in [-0.4, -0.2) is 260 Å². The number of allylic oxidation sites excluding steroid dienone is 3. The Morgan fingerprint density at radius 1 is 0.885 bits per heavy atom. The van der Waals surface area contributed by atoms with E-state index in [1.165, 1.54) is 53.6 Å². The molecule has 4 fully saturated rings. The van der Waals surface area contributed by atoms with Crippen molar-refractivity contribution in [2.24, 2.45) is 0 Å². The van der Waals surface area contributed by atoms with Crippen molar-refractivity contribution < 1.29 is 121 Å². The lowest BCUT2D eigenvalue weighted by atomic mass is 9.77. The summed E-state index contributed by atoms with van der Waals surface area (Å²) in [5, 5.41) is 71.3. The zero-order chi connectivity index (χ0) is 70.9. The highest BCUT2D eigenvalue weighted by Crippen LogP contribution is 2.49. The van der Waals surface area contributed by atoms with Gasteiger partial charge < -0.3 is 102 Å². The molecular weight excluding hydrogens is 1430 g/mol. The van der Waals surface area contributed by atoms with Crippen LogP contribution in [0, 0.1) is 34.4 Å². The van der Waals surface area contributed by atoms with Gasteiger partial charge in [-0.1, -0.05) is 29.7 Å². The third-order valence-corrected chi connectivity index (χ3v) is 21.8. The number of carbonyl (C=O) groups is 5. The standard InChI is InChI=1S/C63H91IN4O25S2Si/c1-14-68(36(6)70)39-30-86-44(27-42(39)81-7)91-56-51(75)48(67-93-45-26-40(71)58(35(5)88-45)95-59(77)46-32(2)47(64)54(57(84-10)53(46)82-8)92-60-52(76)55(83-9)50(74)34(4)90-60)33(3)89-61(56)87-29-37-38(20-24-94-31-43(73)65-22-19-25-96(12,13)80)63(79,21-17-15-16-18-23-69)28-41(72)49(37)66-62(78)85-11/h15-16,20,33-35,39-40,42,44-45,48,50-52,55-56,58,60-61,67,69,71,74-76,79-80H,14,19,22,24-31H2,1-13H3,(H,65,73)(H,66,78)/b16-15-,38-20+. The van der Waals surface area contributed by atoms with Crippen molar-refractivity contribution in [3.05, 3.63) is 49.8 Å². The Morgan fingerprint density at radius 2 is 1.58 bits per heavy atom. The molecule has 0 aromatic heterocycles. The van der Waals surface area contributed by atoms with Crippen molar-refractivity contribution in [2.75, 3.05) is 73.4 Å². The molecule has 0 saturated carbocycles. The molecule has 4 saturated heterocycles. The second-order valence-corrected chi connectivity index (χ2v) is 31.3. The highest BCUT2D eigenvalue weighted by molar-refractivity contribution is 14.1. The molecule has 0 bridgehead atoms. The molecule has 18 atom stereocenters. The van der Waals surface area contributed by atoms with Crippen molar-refractivity contribution in [3.63, 3.8) is 0 Å². The summed E-state index contributed by atoms with van der Waals surface area (Å²) in [6.07, 6.45) is -12.1. The van der Waals surface area contributed by atoms with Crippen LogP contribution in [0.25, 0.3) is 0 Å². The third-order valence-electron chi connectivity index (χ3n) is 16.6. The molecule has 1 aromatic carbocycles. The van der Waals surface area contributed by atoms with Crippen LogP contribution in [0.5, 0.6) is 17.2 Å². The van der Waals surface area contributed by atoms with Crippen LogP contribution in [0.1, 0.15) is 76.2 Å². The summed E-state index contributed by atoms with van der Waals surface area (Å²) in [5.41, 5.74) is 0.645. The number of aliphatic hydroxyl groups excluding tert-OH is 5. The third kappa shape index (κ3) is 20.5. The van der Waals surface area contributed by atoms with E-state index in [0.717, 1.165) is 30.6 Å². The van der Waals surface area contributed by atoms with Crippen LogP contribution in [0.2, 0.25) is 19.1 Å². The summed E-state index contributed by atoms with van der Waals surface area (Å²) in [6, 6.07) is -1.09. The van der Waals surface area contributed by atoms with Gasteiger partial charge in [0.15, 0.2) is 50.1 Å². The summed E-state index contributed by atoms with van der Waals surface area (Å²) < 4.78 is 72.2. The van der Waals surface area contributed by atoms with Crippen LogP contribution in [-0.2, 0) is 61.9 Å². The van der Waals surface area contributed by atoms with Crippen LogP contribution >= 0.6 is 46.1 Å². The number of hydroxylamine groups is 1. The van der Waals surface area contributed by atoms with E-state index in [0.29, 0.717) is 34.7 Å². The molecule has 4 heterocycles. The zero-order valence-corrected chi connectivity index (χ0v) is 60.7. The molecule has 96 heavy (non-hydrogen) atoms. The van der Waals surface area contributed by atoms with Gasteiger partial charge in [-0.15, -0.1) is 11.8 Å². The fourth-order valence-electron chi connectivity index (χ4n) is 11.6. The first-order chi connectivity index (χ1) is 45.5. The first kappa shape index (κ1) is 80.3. The summed E-state index contributed by atoms with van der Waals surface area (Å²) in [6.45, 7) is 13.4. The van der Waals surface area contributed by atoms with Gasteiger partial charge in [0.05, 0.1) is 109 Å². The number of halogens is 1. The molecule has 33 heteroatoms. The molecule has 0 radical (unpaired) electrons. The number of rotatable bonds is 27. The second kappa shape index (κ2) is 37.1. The minimum absolute atomic E-state index is 0.00188. The van der Waals surface area contributed by atoms with E-state index in [9.17, 15) is 54.3 Å². The smallest absolute Gasteiger partial charge is 0.411 e. The highest BCUT2D eigenvalue weighted by Gasteiger charge is 2.51. The topological polar surface area (TPSA) is 386 Å². The Balaban J connectivity index is 1.25. The second-order valence-electron chi connectivity index (χ2n) is 23.9. The number of Topliss-reactive ketones (excluding diaryl/α,β-unsaturated/α-hetero) is 1. The number of aliphatic hydroxyl groups is 6. The fourth-order valence-corrected chi connectivity index (χ4v) is 15.2. The molecule has 3 amide bonds. The maximum absolute atomic E-state index is 14.5. The first-order valence-electron chi connectivity index (χ1n) is 31.1. The number of nitrogens with zero attached hydrogens (tertiary/aromatic N) is 1. The van der Waals surface area contributed by atoms with Gasteiger partial charge >= 0.3 is 6.09 Å². The number of amides is 3. The maximum Gasteiger partial charge on any atom is 0.411 e. The average molecular weight is 1520 g/mol. The van der Waals surface area contributed by atoms with Crippen molar-refractivity contribution in [2.45, 2.75) is 195 Å². The quantitative estimate of drug-likeness (QED) is 0.0198. The molecule has 29 nitrogen and oxygen atoms in total. The molecule has 1 aromatic rings. The molecule has 6 rings (SSSR count). The molecule has 10 N–H and O–H groups in total. The Bertz CT molecular complexity index is 3090. The van der Waals surface area contributed by atoms with Crippen LogP contribution < -0.4 is 30.3 Å². The number of alkyl carbamates (subject to hydrolysis) is 1. The van der Waals surface area contributed by atoms with Crippen LogP contribution in [0.4, 0.5) is 4.79 Å². The molecule has 536 valence electrons. The van der Waals surface area contributed by atoms with Gasteiger partial charge in [0.1, 0.15) is 36.6 Å². The number of likely N-dealkylation sites (N-methyl/N-ethyl adjacent to an activating group) is 1. The Kier molecular flexibility index (Phi) is 31.0. The van der Waals surface area contributed by atoms with E-state index in [1.807, 2.05) is 42.6 Å². The number of benzene rings is 1. The number of nitrogens with one attached hydrogen (secondary N) is 3. The Morgan fingerprint density at radius 3 is 2.21 bits per heavy atom. The van der Waals surface area contributed by atoms with Crippen molar-refractivity contribution in [3.8, 4) is 41.1 Å². The van der Waals surface area contributed by atoms with Gasteiger partial charge in [-0.05, 0) is 106 Å². The van der Waals surface area contributed by atoms with Crippen LogP contribution in [0.15, 0.2) is 35.1 Å². The first-order valence-corrected chi connectivity index (χ1v) is 37.3. The summed E-state index contributed by atoms with van der Waals surface area (Å²) in [7, 11) is 4.26. The number of thioether (sulfide) groups is 2. The predicted octanol–water partition coefficient (Wildman–Crippen LogP) is 2.18. The van der Waals surface area contributed by atoms with Crippen molar-refractivity contribution >= 4 is 83.2 Å². The highest BCUT2D eigenvalue weighted by atomic mass is 127. The lowest BCUT2D eigenvalue weighted by Crippen LogP contribution is -2.65. The molecule has 1 aliphatic carbocycles. The minimum Gasteiger partial charge on any atom is -0.492 e. The van der Waals surface area contributed by atoms with Gasteiger partial charge in [-0.3, -0.25) is 29.3 Å². The molecular formula is C63H91IN4O25S2Si. The number of carbonyl (C=O) groups excluding carboxylic acids is 5.